The lowest BCUT2D eigenvalue weighted by Gasteiger charge is -2.34. The molecule has 0 heterocycles. The minimum absolute atomic E-state index is 0.0151. The molecule has 2 aromatic rings. The first-order valence-corrected chi connectivity index (χ1v) is 9.38. The molecular formula is C22H30O4. The fraction of sp³-hybridized carbons (Fsp3) is 0.455. The molecule has 0 radical (unpaired) electrons. The number of aliphatic hydroxyl groups excluding tert-OH is 2. The summed E-state index contributed by atoms with van der Waals surface area (Å²) in [6, 6.07) is 16.4. The number of aliphatic hydroxyl groups is 2. The molecule has 2 rings (SSSR count). The summed E-state index contributed by atoms with van der Waals surface area (Å²) < 4.78 is 11.0. The van der Waals surface area contributed by atoms with E-state index in [-0.39, 0.29) is 18.6 Å². The maximum atomic E-state index is 8.90. The maximum Gasteiger partial charge on any atom is 0.119 e. The fourth-order valence-corrected chi connectivity index (χ4v) is 3.53. The van der Waals surface area contributed by atoms with E-state index in [2.05, 4.69) is 38.1 Å². The highest BCUT2D eigenvalue weighted by molar-refractivity contribution is 5.43. The Labute approximate surface area is 156 Å². The average Bonchev–Trinajstić information content (AvgIpc) is 2.70. The van der Waals surface area contributed by atoms with Gasteiger partial charge in [0.05, 0.1) is 13.2 Å². The van der Waals surface area contributed by atoms with Crippen LogP contribution in [0.15, 0.2) is 48.5 Å². The van der Waals surface area contributed by atoms with E-state index in [1.54, 1.807) is 0 Å². The van der Waals surface area contributed by atoms with E-state index in [1.165, 1.54) is 11.1 Å². The van der Waals surface area contributed by atoms with Crippen LogP contribution in [0.1, 0.15) is 44.2 Å². The number of benzene rings is 2. The summed E-state index contributed by atoms with van der Waals surface area (Å²) in [5.41, 5.74) is 2.48. The molecule has 0 aliphatic rings. The van der Waals surface area contributed by atoms with Crippen molar-refractivity contribution in [2.75, 3.05) is 26.4 Å². The Morgan fingerprint density at radius 1 is 0.731 bits per heavy atom. The van der Waals surface area contributed by atoms with Crippen LogP contribution in [0.4, 0.5) is 0 Å². The summed E-state index contributed by atoms with van der Waals surface area (Å²) >= 11 is 0. The van der Waals surface area contributed by atoms with Crippen LogP contribution in [0, 0.1) is 0 Å². The molecule has 26 heavy (non-hydrogen) atoms. The van der Waals surface area contributed by atoms with Crippen LogP contribution in [0.25, 0.3) is 0 Å². The van der Waals surface area contributed by atoms with Crippen LogP contribution < -0.4 is 9.47 Å². The summed E-state index contributed by atoms with van der Waals surface area (Å²) in [5, 5.41) is 17.8. The molecule has 0 fully saturated rings. The number of hydrogen-bond acceptors (Lipinski definition) is 4. The first kappa shape index (κ1) is 20.3. The van der Waals surface area contributed by atoms with Crippen molar-refractivity contribution in [3.05, 3.63) is 59.7 Å². The van der Waals surface area contributed by atoms with E-state index >= 15 is 0 Å². The molecule has 0 spiro atoms. The van der Waals surface area contributed by atoms with Crippen molar-refractivity contribution >= 4 is 0 Å². The van der Waals surface area contributed by atoms with Crippen LogP contribution in [-0.4, -0.2) is 36.6 Å². The van der Waals surface area contributed by atoms with E-state index in [9.17, 15) is 0 Å². The predicted molar refractivity (Wildman–Crippen MR) is 104 cm³/mol. The molecule has 0 amide bonds. The Kier molecular flexibility index (Phi) is 7.95. The minimum atomic E-state index is -0.0558. The third-order valence-electron chi connectivity index (χ3n) is 4.81. The monoisotopic (exact) mass is 358 g/mol. The van der Waals surface area contributed by atoms with Crippen LogP contribution in [0.3, 0.4) is 0 Å². The Morgan fingerprint density at radius 2 is 1.15 bits per heavy atom. The second-order valence-electron chi connectivity index (χ2n) is 6.38. The van der Waals surface area contributed by atoms with Gasteiger partial charge < -0.3 is 19.7 Å². The zero-order chi connectivity index (χ0) is 18.8. The van der Waals surface area contributed by atoms with Gasteiger partial charge in [-0.3, -0.25) is 0 Å². The smallest absolute Gasteiger partial charge is 0.119 e. The van der Waals surface area contributed by atoms with Crippen molar-refractivity contribution in [1.29, 1.82) is 0 Å². The Bertz CT molecular complexity index is 583. The molecule has 2 N–H and O–H groups in total. The Morgan fingerprint density at radius 3 is 1.46 bits per heavy atom. The zero-order valence-corrected chi connectivity index (χ0v) is 15.8. The van der Waals surface area contributed by atoms with Gasteiger partial charge >= 0.3 is 0 Å². The van der Waals surface area contributed by atoms with Gasteiger partial charge in [0.15, 0.2) is 0 Å². The predicted octanol–water partition coefficient (Wildman–Crippen LogP) is 3.93. The molecule has 0 aliphatic heterocycles. The molecule has 4 heteroatoms. The number of ether oxygens (including phenoxy) is 2. The summed E-state index contributed by atoms with van der Waals surface area (Å²) in [7, 11) is 0. The molecule has 0 aliphatic carbocycles. The molecule has 0 saturated carbocycles. The van der Waals surface area contributed by atoms with Crippen LogP contribution in [-0.2, 0) is 5.41 Å². The highest BCUT2D eigenvalue weighted by Crippen LogP contribution is 2.41. The standard InChI is InChI=1S/C22H30O4/c1-3-13-22(4-2,18-5-9-20(10-6-18)25-16-14-23)19-7-11-21(12-8-19)26-17-15-24/h5-12,23-24H,3-4,13-17H2,1-2H3. The molecular weight excluding hydrogens is 328 g/mol. The lowest BCUT2D eigenvalue weighted by Crippen LogP contribution is -2.26. The molecule has 0 bridgehead atoms. The van der Waals surface area contributed by atoms with Gasteiger partial charge in [0, 0.05) is 5.41 Å². The van der Waals surface area contributed by atoms with Crippen molar-refractivity contribution in [2.45, 2.75) is 38.5 Å². The van der Waals surface area contributed by atoms with Crippen LogP contribution in [0.2, 0.25) is 0 Å². The fourth-order valence-electron chi connectivity index (χ4n) is 3.53. The van der Waals surface area contributed by atoms with Gasteiger partial charge in [0.1, 0.15) is 24.7 Å². The summed E-state index contributed by atoms with van der Waals surface area (Å²) in [6.45, 7) is 5.08. The topological polar surface area (TPSA) is 58.9 Å². The maximum absolute atomic E-state index is 8.90. The Balaban J connectivity index is 2.32. The second-order valence-corrected chi connectivity index (χ2v) is 6.38. The second kappa shape index (κ2) is 10.2. The molecule has 0 saturated heterocycles. The van der Waals surface area contributed by atoms with E-state index in [1.807, 2.05) is 24.3 Å². The molecule has 0 unspecified atom stereocenters. The lowest BCUT2D eigenvalue weighted by molar-refractivity contribution is 0.201. The Hall–Kier alpha value is -2.04. The summed E-state index contributed by atoms with van der Waals surface area (Å²) in [4.78, 5) is 0. The van der Waals surface area contributed by atoms with Crippen molar-refractivity contribution in [3.8, 4) is 11.5 Å². The highest BCUT2D eigenvalue weighted by atomic mass is 16.5. The summed E-state index contributed by atoms with van der Waals surface area (Å²) in [6.07, 6.45) is 3.13. The highest BCUT2D eigenvalue weighted by Gasteiger charge is 2.31. The quantitative estimate of drug-likeness (QED) is 0.639. The minimum Gasteiger partial charge on any atom is -0.491 e. The van der Waals surface area contributed by atoms with Gasteiger partial charge in [-0.25, -0.2) is 0 Å². The van der Waals surface area contributed by atoms with Crippen molar-refractivity contribution in [1.82, 2.24) is 0 Å². The normalized spacial score (nSPS) is 11.4. The van der Waals surface area contributed by atoms with Gasteiger partial charge in [-0.15, -0.1) is 0 Å². The SMILES string of the molecule is CCCC(CC)(c1ccc(OCCO)cc1)c1ccc(OCCO)cc1. The largest absolute Gasteiger partial charge is 0.491 e. The van der Waals surface area contributed by atoms with Crippen molar-refractivity contribution < 1.29 is 19.7 Å². The van der Waals surface area contributed by atoms with Gasteiger partial charge in [-0.1, -0.05) is 44.5 Å². The molecule has 0 aromatic heterocycles. The van der Waals surface area contributed by atoms with E-state index in [0.717, 1.165) is 30.8 Å². The molecule has 4 nitrogen and oxygen atoms in total. The number of hydrogen-bond donors (Lipinski definition) is 2. The molecule has 2 aromatic carbocycles. The van der Waals surface area contributed by atoms with E-state index in [0.29, 0.717) is 13.2 Å². The van der Waals surface area contributed by atoms with Gasteiger partial charge in [0.25, 0.3) is 0 Å². The van der Waals surface area contributed by atoms with Crippen LogP contribution >= 0.6 is 0 Å². The van der Waals surface area contributed by atoms with Crippen LogP contribution in [0.5, 0.6) is 11.5 Å². The van der Waals surface area contributed by atoms with E-state index in [4.69, 9.17) is 19.7 Å². The molecule has 0 atom stereocenters. The zero-order valence-electron chi connectivity index (χ0n) is 15.8. The average molecular weight is 358 g/mol. The lowest BCUT2D eigenvalue weighted by atomic mass is 9.69. The van der Waals surface area contributed by atoms with Crippen molar-refractivity contribution in [3.63, 3.8) is 0 Å². The number of rotatable bonds is 11. The third kappa shape index (κ3) is 4.77. The summed E-state index contributed by atoms with van der Waals surface area (Å²) in [5.74, 6) is 1.55. The van der Waals surface area contributed by atoms with Gasteiger partial charge in [0.2, 0.25) is 0 Å². The van der Waals surface area contributed by atoms with Gasteiger partial charge in [-0.05, 0) is 48.2 Å². The first-order valence-electron chi connectivity index (χ1n) is 9.38. The van der Waals surface area contributed by atoms with Gasteiger partial charge in [-0.2, -0.15) is 0 Å². The van der Waals surface area contributed by atoms with Crippen molar-refractivity contribution in [2.24, 2.45) is 0 Å². The molecule has 142 valence electrons. The first-order chi connectivity index (χ1) is 12.7. The van der Waals surface area contributed by atoms with E-state index < -0.39 is 0 Å². The third-order valence-corrected chi connectivity index (χ3v) is 4.81.